The summed E-state index contributed by atoms with van der Waals surface area (Å²) in [5, 5.41) is 9.67. The molecule has 176 valence electrons. The van der Waals surface area contributed by atoms with E-state index in [9.17, 15) is 19.5 Å². The zero-order valence-corrected chi connectivity index (χ0v) is 19.8. The highest BCUT2D eigenvalue weighted by Crippen LogP contribution is 2.66. The Labute approximate surface area is 190 Å². The van der Waals surface area contributed by atoms with Crippen LogP contribution < -0.4 is 0 Å². The maximum absolute atomic E-state index is 12.0. The minimum atomic E-state index is -0.704. The number of carbonyl (C=O) groups excluding carboxylic acids is 2. The first-order valence-corrected chi connectivity index (χ1v) is 12.0. The Morgan fingerprint density at radius 2 is 1.72 bits per heavy atom. The summed E-state index contributed by atoms with van der Waals surface area (Å²) in [6, 6.07) is 0. The topological polar surface area (TPSA) is 89.9 Å². The van der Waals surface area contributed by atoms with E-state index in [1.807, 2.05) is 6.92 Å². The van der Waals surface area contributed by atoms with Crippen LogP contribution in [0.2, 0.25) is 0 Å². The Morgan fingerprint density at radius 3 is 2.34 bits per heavy atom. The fourth-order valence-electron chi connectivity index (χ4n) is 7.73. The lowest BCUT2D eigenvalue weighted by atomic mass is 9.49. The third-order valence-electron chi connectivity index (χ3n) is 9.31. The van der Waals surface area contributed by atoms with Gasteiger partial charge in [-0.25, -0.2) is 0 Å². The lowest BCUT2D eigenvalue weighted by molar-refractivity contribution is -0.165. The van der Waals surface area contributed by atoms with Gasteiger partial charge in [-0.15, -0.1) is 0 Å². The average Bonchev–Trinajstić information content (AvgIpc) is 3.04. The molecule has 0 aromatic heterocycles. The first-order chi connectivity index (χ1) is 15.0. The van der Waals surface area contributed by atoms with Crippen LogP contribution in [0.15, 0.2) is 23.3 Å². The number of esters is 2. The molecule has 0 amide bonds. The number of fused-ring (bicyclic) bond motifs is 5. The fraction of sp³-hybridized carbons (Fsp3) is 0.731. The molecule has 0 bridgehead atoms. The molecule has 0 aromatic rings. The highest BCUT2D eigenvalue weighted by Gasteiger charge is 2.60. The molecule has 4 aliphatic rings. The van der Waals surface area contributed by atoms with E-state index >= 15 is 0 Å². The van der Waals surface area contributed by atoms with Gasteiger partial charge in [0.2, 0.25) is 0 Å². The molecule has 3 fully saturated rings. The van der Waals surface area contributed by atoms with Gasteiger partial charge in [0.15, 0.2) is 0 Å². The van der Waals surface area contributed by atoms with E-state index < -0.39 is 5.97 Å². The number of ether oxygens (including phenoxy) is 2. The van der Waals surface area contributed by atoms with E-state index in [0.717, 1.165) is 25.7 Å². The van der Waals surface area contributed by atoms with Gasteiger partial charge in [0.1, 0.15) is 12.2 Å². The number of carboxylic acid groups (broad SMARTS) is 1. The number of aliphatic carboxylic acids is 1. The van der Waals surface area contributed by atoms with Gasteiger partial charge in [-0.2, -0.15) is 0 Å². The molecule has 6 heteroatoms. The van der Waals surface area contributed by atoms with Crippen molar-refractivity contribution < 1.29 is 29.0 Å². The van der Waals surface area contributed by atoms with Crippen molar-refractivity contribution in [1.82, 2.24) is 0 Å². The van der Waals surface area contributed by atoms with Crippen LogP contribution in [0.5, 0.6) is 0 Å². The normalized spacial score (nSPS) is 41.2. The van der Waals surface area contributed by atoms with E-state index in [1.54, 1.807) is 0 Å². The Bertz CT molecular complexity index is 887. The number of rotatable bonds is 4. The summed E-state index contributed by atoms with van der Waals surface area (Å²) in [5.41, 5.74) is 2.23. The fourth-order valence-corrected chi connectivity index (χ4v) is 7.73. The largest absolute Gasteiger partial charge is 0.481 e. The van der Waals surface area contributed by atoms with Crippen LogP contribution in [0.3, 0.4) is 0 Å². The van der Waals surface area contributed by atoms with Crippen LogP contribution >= 0.6 is 0 Å². The van der Waals surface area contributed by atoms with Crippen molar-refractivity contribution in [3.05, 3.63) is 23.3 Å². The molecule has 8 atom stereocenters. The van der Waals surface area contributed by atoms with E-state index in [-0.39, 0.29) is 52.7 Å². The van der Waals surface area contributed by atoms with Crippen molar-refractivity contribution in [3.63, 3.8) is 0 Å². The molecular formula is C26H36O6. The van der Waals surface area contributed by atoms with Gasteiger partial charge in [0.25, 0.3) is 0 Å². The second-order valence-corrected chi connectivity index (χ2v) is 10.9. The van der Waals surface area contributed by atoms with Crippen LogP contribution in [0.4, 0.5) is 0 Å². The lowest BCUT2D eigenvalue weighted by Crippen LogP contribution is -2.54. The molecule has 0 aromatic carbocycles. The van der Waals surface area contributed by atoms with Crippen molar-refractivity contribution in [2.24, 2.45) is 34.5 Å². The zero-order valence-electron chi connectivity index (χ0n) is 19.8. The molecule has 4 aliphatic carbocycles. The van der Waals surface area contributed by atoms with Gasteiger partial charge in [0.05, 0.1) is 5.92 Å². The Morgan fingerprint density at radius 1 is 1.03 bits per heavy atom. The van der Waals surface area contributed by atoms with Crippen molar-refractivity contribution in [2.45, 2.75) is 85.4 Å². The lowest BCUT2D eigenvalue weighted by Gasteiger charge is -2.57. The minimum Gasteiger partial charge on any atom is -0.481 e. The molecule has 0 radical (unpaired) electrons. The van der Waals surface area contributed by atoms with E-state index in [4.69, 9.17) is 9.47 Å². The highest BCUT2D eigenvalue weighted by molar-refractivity contribution is 5.70. The smallest absolute Gasteiger partial charge is 0.306 e. The SMILES string of the molecule is CC(=O)O[C@@H]1CC2=CC=C3[C@@H]4CC[C@H](C(C)C(=O)O)[C@@]4(C)CC[C@@H]3[C@@]2(C)[C@@H](OC(C)=O)C1. The van der Waals surface area contributed by atoms with Crippen LogP contribution in [0.1, 0.15) is 73.1 Å². The van der Waals surface area contributed by atoms with Crippen molar-refractivity contribution in [2.75, 3.05) is 0 Å². The summed E-state index contributed by atoms with van der Waals surface area (Å²) < 4.78 is 11.4. The number of carboxylic acids is 1. The predicted octanol–water partition coefficient (Wildman–Crippen LogP) is 4.68. The summed E-state index contributed by atoms with van der Waals surface area (Å²) in [6.07, 6.45) is 8.83. The van der Waals surface area contributed by atoms with Gasteiger partial charge in [-0.05, 0) is 48.9 Å². The number of hydrogen-bond acceptors (Lipinski definition) is 5. The van der Waals surface area contributed by atoms with Crippen molar-refractivity contribution in [3.8, 4) is 0 Å². The second kappa shape index (κ2) is 8.03. The molecule has 0 saturated heterocycles. The second-order valence-electron chi connectivity index (χ2n) is 10.9. The first kappa shape index (κ1) is 23.1. The van der Waals surface area contributed by atoms with Gasteiger partial charge in [-0.1, -0.05) is 44.1 Å². The van der Waals surface area contributed by atoms with Gasteiger partial charge < -0.3 is 14.6 Å². The Balaban J connectivity index is 1.70. The maximum atomic E-state index is 12.0. The Hall–Kier alpha value is -2.11. The monoisotopic (exact) mass is 444 g/mol. The third-order valence-corrected chi connectivity index (χ3v) is 9.31. The maximum Gasteiger partial charge on any atom is 0.306 e. The number of carbonyl (C=O) groups is 3. The van der Waals surface area contributed by atoms with Crippen molar-refractivity contribution >= 4 is 17.9 Å². The molecule has 0 spiro atoms. The Kier molecular flexibility index (Phi) is 5.79. The highest BCUT2D eigenvalue weighted by atomic mass is 16.6. The minimum absolute atomic E-state index is 0.0201. The molecule has 0 heterocycles. The molecule has 6 nitrogen and oxygen atoms in total. The van der Waals surface area contributed by atoms with E-state index in [2.05, 4.69) is 26.0 Å². The molecular weight excluding hydrogens is 408 g/mol. The van der Waals surface area contributed by atoms with Gasteiger partial charge in [-0.3, -0.25) is 14.4 Å². The molecule has 0 aliphatic heterocycles. The average molecular weight is 445 g/mol. The third kappa shape index (κ3) is 3.50. The van der Waals surface area contributed by atoms with E-state index in [0.29, 0.717) is 18.8 Å². The molecule has 1 N–H and O–H groups in total. The predicted molar refractivity (Wildman–Crippen MR) is 118 cm³/mol. The molecule has 4 rings (SSSR count). The van der Waals surface area contributed by atoms with Gasteiger partial charge >= 0.3 is 17.9 Å². The summed E-state index contributed by atoms with van der Waals surface area (Å²) in [4.78, 5) is 35.4. The number of hydrogen-bond donors (Lipinski definition) is 1. The van der Waals surface area contributed by atoms with Crippen LogP contribution in [0.25, 0.3) is 0 Å². The van der Waals surface area contributed by atoms with Crippen LogP contribution in [-0.4, -0.2) is 35.2 Å². The first-order valence-electron chi connectivity index (χ1n) is 12.0. The summed E-state index contributed by atoms with van der Waals surface area (Å²) in [7, 11) is 0. The molecule has 1 unspecified atom stereocenters. The van der Waals surface area contributed by atoms with Gasteiger partial charge in [0, 0.05) is 32.1 Å². The number of allylic oxidation sites excluding steroid dienone is 3. The summed E-state index contributed by atoms with van der Waals surface area (Å²) in [5.74, 6) is -0.898. The van der Waals surface area contributed by atoms with Crippen molar-refractivity contribution in [1.29, 1.82) is 0 Å². The van der Waals surface area contributed by atoms with E-state index in [1.165, 1.54) is 25.0 Å². The quantitative estimate of drug-likeness (QED) is 0.633. The van der Waals surface area contributed by atoms with Crippen LogP contribution in [0, 0.1) is 34.5 Å². The molecule has 3 saturated carbocycles. The summed E-state index contributed by atoms with van der Waals surface area (Å²) >= 11 is 0. The standard InChI is InChI=1S/C26H36O6/c1-14(24(29)30)20-8-9-21-19-7-6-17-12-18(31-15(2)27)13-23(32-16(3)28)26(17,5)22(19)10-11-25(20,21)4/h6-7,14,18,20-23H,8-13H2,1-5H3,(H,29,30)/t14?,18-,20-,21+,22+,23+,25-,26+/m1/s1. The zero-order chi connectivity index (χ0) is 23.4. The summed E-state index contributed by atoms with van der Waals surface area (Å²) in [6.45, 7) is 9.21. The molecule has 32 heavy (non-hydrogen) atoms. The van der Waals surface area contributed by atoms with Crippen LogP contribution in [-0.2, 0) is 23.9 Å².